The fraction of sp³-hybridized carbons (Fsp3) is 0.500. The number of likely N-dealkylation sites (tertiary alicyclic amines) is 1. The van der Waals surface area contributed by atoms with Gasteiger partial charge in [0.05, 0.1) is 11.8 Å². The Morgan fingerprint density at radius 3 is 2.34 bits per heavy atom. The molecule has 2 bridgehead atoms. The number of amides is 3. The normalized spacial score (nSPS) is 32.4. The van der Waals surface area contributed by atoms with Gasteiger partial charge in [0.2, 0.25) is 11.8 Å². The molecule has 1 aromatic rings. The number of fused-ring (bicyclic) bond motifs is 5. The Labute approximate surface area is 184 Å². The summed E-state index contributed by atoms with van der Waals surface area (Å²) < 4.78 is 4.98. The van der Waals surface area contributed by atoms with Gasteiger partial charge in [0.25, 0.3) is 5.91 Å². The number of alkyl halides is 2. The lowest BCUT2D eigenvalue weighted by Crippen LogP contribution is -2.38. The summed E-state index contributed by atoms with van der Waals surface area (Å²) in [5.74, 6) is -2.44. The molecule has 2 aliphatic carbocycles. The van der Waals surface area contributed by atoms with Gasteiger partial charge in [0.15, 0.2) is 6.61 Å². The highest BCUT2D eigenvalue weighted by molar-refractivity contribution is 9.12. The summed E-state index contributed by atoms with van der Waals surface area (Å²) in [7, 11) is 0. The van der Waals surface area contributed by atoms with Crippen LogP contribution in [-0.4, -0.2) is 51.4 Å². The molecule has 3 fully saturated rings. The summed E-state index contributed by atoms with van der Waals surface area (Å²) >= 11 is 7.25. The molecule has 1 N–H and O–H groups in total. The lowest BCUT2D eigenvalue weighted by Gasteiger charge is -2.28. The smallest absolute Gasteiger partial charge is 0.326 e. The Kier molecular flexibility index (Phi) is 5.54. The van der Waals surface area contributed by atoms with Gasteiger partial charge in [-0.2, -0.15) is 0 Å². The lowest BCUT2D eigenvalue weighted by atomic mass is 9.81. The second-order valence-electron chi connectivity index (χ2n) is 7.84. The molecular weight excluding hydrogens is 508 g/mol. The number of anilines is 1. The molecule has 7 nitrogen and oxygen atoms in total. The molecule has 9 heteroatoms. The maximum Gasteiger partial charge on any atom is 0.326 e. The summed E-state index contributed by atoms with van der Waals surface area (Å²) in [6.07, 6.45) is 0.829. The molecule has 1 aliphatic heterocycles. The van der Waals surface area contributed by atoms with Crippen molar-refractivity contribution in [1.29, 1.82) is 0 Å². The first kappa shape index (κ1) is 20.5. The van der Waals surface area contributed by atoms with Crippen LogP contribution in [0.15, 0.2) is 24.3 Å². The van der Waals surface area contributed by atoms with Crippen LogP contribution >= 0.6 is 31.9 Å². The number of nitrogens with zero attached hydrogens (tertiary/aromatic N) is 1. The topological polar surface area (TPSA) is 92.8 Å². The first-order valence-electron chi connectivity index (χ1n) is 9.43. The van der Waals surface area contributed by atoms with E-state index < -0.39 is 25.0 Å². The quantitative estimate of drug-likeness (QED) is 0.360. The Hall–Kier alpha value is -1.74. The van der Waals surface area contributed by atoms with Crippen LogP contribution in [0, 0.1) is 30.6 Å². The van der Waals surface area contributed by atoms with Crippen molar-refractivity contribution in [1.82, 2.24) is 4.90 Å². The predicted molar refractivity (Wildman–Crippen MR) is 111 cm³/mol. The van der Waals surface area contributed by atoms with E-state index in [1.807, 2.05) is 13.0 Å². The summed E-state index contributed by atoms with van der Waals surface area (Å²) in [5, 5.41) is 2.64. The van der Waals surface area contributed by atoms with Crippen LogP contribution in [0.4, 0.5) is 5.69 Å². The zero-order valence-electron chi connectivity index (χ0n) is 15.6. The Balaban J connectivity index is 1.32. The molecular formula is C20H20Br2N2O5. The number of hydrogen-bond acceptors (Lipinski definition) is 5. The molecule has 0 spiro atoms. The lowest BCUT2D eigenvalue weighted by molar-refractivity contribution is -0.154. The number of carbonyl (C=O) groups is 4. The van der Waals surface area contributed by atoms with Gasteiger partial charge >= 0.3 is 5.97 Å². The van der Waals surface area contributed by atoms with Crippen molar-refractivity contribution in [3.8, 4) is 0 Å². The van der Waals surface area contributed by atoms with E-state index in [0.29, 0.717) is 5.69 Å². The van der Waals surface area contributed by atoms with Crippen LogP contribution in [0.2, 0.25) is 0 Å². The first-order chi connectivity index (χ1) is 13.8. The van der Waals surface area contributed by atoms with Crippen molar-refractivity contribution in [2.45, 2.75) is 23.0 Å². The number of aryl methyl sites for hydroxylation is 1. The van der Waals surface area contributed by atoms with Crippen LogP contribution in [0.1, 0.15) is 12.0 Å². The van der Waals surface area contributed by atoms with Crippen molar-refractivity contribution in [3.63, 3.8) is 0 Å². The highest BCUT2D eigenvalue weighted by atomic mass is 79.9. The molecule has 6 atom stereocenters. The molecule has 154 valence electrons. The van der Waals surface area contributed by atoms with E-state index in [1.54, 1.807) is 18.2 Å². The standard InChI is InChI=1S/C20H20Br2N2O5/c1-9-3-2-4-10(5-9)23-13(25)8-29-14(26)7-24-19(27)15-11-6-12(16(15)20(24)28)18(22)17(11)21/h2-5,11-12,15-18H,6-8H2,1H3,(H,23,25)/t11-,12-,15-,16+,17-,18+/m1/s1. The van der Waals surface area contributed by atoms with Gasteiger partial charge in [0.1, 0.15) is 6.54 Å². The molecule has 3 amide bonds. The summed E-state index contributed by atoms with van der Waals surface area (Å²) in [4.78, 5) is 51.0. The zero-order valence-corrected chi connectivity index (χ0v) is 18.8. The van der Waals surface area contributed by atoms with E-state index in [-0.39, 0.29) is 45.1 Å². The maximum absolute atomic E-state index is 12.8. The van der Waals surface area contributed by atoms with Gasteiger partial charge in [0, 0.05) is 15.3 Å². The maximum atomic E-state index is 12.8. The monoisotopic (exact) mass is 526 g/mol. The second-order valence-corrected chi connectivity index (χ2v) is 9.96. The third-order valence-electron chi connectivity index (χ3n) is 6.03. The fourth-order valence-electron chi connectivity index (χ4n) is 4.81. The number of ether oxygens (including phenoxy) is 1. The van der Waals surface area contributed by atoms with E-state index in [0.717, 1.165) is 16.9 Å². The molecule has 29 heavy (non-hydrogen) atoms. The van der Waals surface area contributed by atoms with Gasteiger partial charge in [-0.3, -0.25) is 24.1 Å². The predicted octanol–water partition coefficient (Wildman–Crippen LogP) is 2.25. The van der Waals surface area contributed by atoms with E-state index >= 15 is 0 Å². The summed E-state index contributed by atoms with van der Waals surface area (Å²) in [6.45, 7) is 0.965. The van der Waals surface area contributed by atoms with Crippen LogP contribution in [0.3, 0.4) is 0 Å². The van der Waals surface area contributed by atoms with Gasteiger partial charge in [-0.1, -0.05) is 44.0 Å². The van der Waals surface area contributed by atoms with Crippen molar-refractivity contribution >= 4 is 61.2 Å². The van der Waals surface area contributed by atoms with Crippen LogP contribution in [-0.2, 0) is 23.9 Å². The number of imide groups is 1. The Morgan fingerprint density at radius 2 is 1.76 bits per heavy atom. The van der Waals surface area contributed by atoms with Crippen LogP contribution < -0.4 is 5.32 Å². The van der Waals surface area contributed by atoms with Crippen LogP contribution in [0.25, 0.3) is 0 Å². The minimum absolute atomic E-state index is 0.0898. The molecule has 1 heterocycles. The highest BCUT2D eigenvalue weighted by Gasteiger charge is 2.66. The third-order valence-corrected chi connectivity index (χ3v) is 9.24. The van der Waals surface area contributed by atoms with E-state index in [9.17, 15) is 19.2 Å². The van der Waals surface area contributed by atoms with Crippen molar-refractivity contribution < 1.29 is 23.9 Å². The molecule has 0 unspecified atom stereocenters. The van der Waals surface area contributed by atoms with Gasteiger partial charge in [-0.05, 0) is 42.9 Å². The molecule has 1 aromatic carbocycles. The molecule has 0 aromatic heterocycles. The number of nitrogens with one attached hydrogen (secondary N) is 1. The molecule has 1 saturated heterocycles. The number of rotatable bonds is 5. The van der Waals surface area contributed by atoms with Gasteiger partial charge in [-0.15, -0.1) is 0 Å². The largest absolute Gasteiger partial charge is 0.454 e. The van der Waals surface area contributed by atoms with E-state index in [1.165, 1.54) is 0 Å². The summed E-state index contributed by atoms with van der Waals surface area (Å²) in [5.41, 5.74) is 1.59. The Morgan fingerprint density at radius 1 is 1.14 bits per heavy atom. The van der Waals surface area contributed by atoms with Crippen molar-refractivity contribution in [2.75, 3.05) is 18.5 Å². The SMILES string of the molecule is Cc1cccc(NC(=O)COC(=O)CN2C(=O)[C@@H]3[C@H]4C[C@@H]([C@H](Br)[C@@H]4Br)[C@@H]3C2=O)c1. The van der Waals surface area contributed by atoms with Crippen molar-refractivity contribution in [3.05, 3.63) is 29.8 Å². The van der Waals surface area contributed by atoms with E-state index in [4.69, 9.17) is 4.74 Å². The minimum atomic E-state index is -0.774. The average molecular weight is 528 g/mol. The zero-order chi connectivity index (χ0) is 20.9. The minimum Gasteiger partial charge on any atom is -0.454 e. The van der Waals surface area contributed by atoms with Gasteiger partial charge in [-0.25, -0.2) is 0 Å². The average Bonchev–Trinajstić information content (AvgIpc) is 3.27. The second kappa shape index (κ2) is 7.83. The highest BCUT2D eigenvalue weighted by Crippen LogP contribution is 2.60. The van der Waals surface area contributed by atoms with Crippen LogP contribution in [0.5, 0.6) is 0 Å². The van der Waals surface area contributed by atoms with Gasteiger partial charge < -0.3 is 10.1 Å². The number of hydrogen-bond donors (Lipinski definition) is 1. The third kappa shape index (κ3) is 3.63. The Bertz CT molecular complexity index is 859. The first-order valence-corrected chi connectivity index (χ1v) is 11.3. The summed E-state index contributed by atoms with van der Waals surface area (Å²) in [6, 6.07) is 7.23. The van der Waals surface area contributed by atoms with E-state index in [2.05, 4.69) is 37.2 Å². The molecule has 0 radical (unpaired) electrons. The number of carbonyl (C=O) groups excluding carboxylic acids is 4. The molecule has 2 saturated carbocycles. The fourth-order valence-corrected chi connectivity index (χ4v) is 6.68. The number of halogens is 2. The number of benzene rings is 1. The molecule has 3 aliphatic rings. The molecule has 4 rings (SSSR count). The number of esters is 1. The van der Waals surface area contributed by atoms with Crippen molar-refractivity contribution in [2.24, 2.45) is 23.7 Å².